The third-order valence-corrected chi connectivity index (χ3v) is 4.56. The van der Waals surface area contributed by atoms with Gasteiger partial charge in [0.05, 0.1) is 22.4 Å². The van der Waals surface area contributed by atoms with Crippen molar-refractivity contribution >= 4 is 23.1 Å². The van der Waals surface area contributed by atoms with Crippen LogP contribution in [-0.2, 0) is 4.79 Å². The maximum absolute atomic E-state index is 10.7. The minimum absolute atomic E-state index is 0.609. The standard InChI is InChI=1S/C20H20N2O2/c1-12(10-18(23)24)2-3-13-4-9-16-17(11-13)22-20(15-7-8-15)19(21-16)14-5-6-14/h2-4,9-11,14-15H,5-8H2,1H3,(H,23,24). The lowest BCUT2D eigenvalue weighted by Crippen LogP contribution is -2.00. The van der Waals surface area contributed by atoms with Crippen LogP contribution in [0, 0.1) is 0 Å². The Labute approximate surface area is 140 Å². The fourth-order valence-corrected chi connectivity index (χ4v) is 2.99. The van der Waals surface area contributed by atoms with Crippen LogP contribution >= 0.6 is 0 Å². The molecule has 4 nitrogen and oxygen atoms in total. The van der Waals surface area contributed by atoms with Crippen LogP contribution in [0.4, 0.5) is 0 Å². The summed E-state index contributed by atoms with van der Waals surface area (Å²) in [7, 11) is 0. The van der Waals surface area contributed by atoms with Gasteiger partial charge in [-0.05, 0) is 55.9 Å². The van der Waals surface area contributed by atoms with E-state index in [2.05, 4.69) is 0 Å². The smallest absolute Gasteiger partial charge is 0.328 e. The van der Waals surface area contributed by atoms with Gasteiger partial charge in [0.25, 0.3) is 0 Å². The molecule has 4 heteroatoms. The summed E-state index contributed by atoms with van der Waals surface area (Å²) in [5.74, 6) is 0.307. The van der Waals surface area contributed by atoms with Gasteiger partial charge in [-0.25, -0.2) is 14.8 Å². The SMILES string of the molecule is CC(C=Cc1ccc2nc(C3CC3)c(C3CC3)nc2c1)=CC(=O)O. The van der Waals surface area contributed by atoms with Crippen LogP contribution in [0.25, 0.3) is 17.1 Å². The first-order valence-corrected chi connectivity index (χ1v) is 8.51. The van der Waals surface area contributed by atoms with Crippen molar-refractivity contribution in [2.45, 2.75) is 44.4 Å². The number of aliphatic carboxylic acids is 1. The zero-order valence-corrected chi connectivity index (χ0v) is 13.7. The van der Waals surface area contributed by atoms with Crippen LogP contribution < -0.4 is 0 Å². The number of benzene rings is 1. The number of allylic oxidation sites excluding steroid dienone is 2. The number of fused-ring (bicyclic) bond motifs is 1. The lowest BCUT2D eigenvalue weighted by Gasteiger charge is -2.08. The molecule has 0 atom stereocenters. The number of carboxylic acids is 1. The molecule has 1 aromatic carbocycles. The van der Waals surface area contributed by atoms with Gasteiger partial charge in [-0.15, -0.1) is 0 Å². The second kappa shape index (κ2) is 5.86. The van der Waals surface area contributed by atoms with E-state index in [1.165, 1.54) is 43.1 Å². The number of rotatable bonds is 5. The molecule has 2 aliphatic carbocycles. The van der Waals surface area contributed by atoms with E-state index in [-0.39, 0.29) is 0 Å². The summed E-state index contributed by atoms with van der Waals surface area (Å²) in [5.41, 5.74) is 6.05. The van der Waals surface area contributed by atoms with E-state index in [9.17, 15) is 4.79 Å². The summed E-state index contributed by atoms with van der Waals surface area (Å²) in [6, 6.07) is 6.06. The Bertz CT molecular complexity index is 875. The van der Waals surface area contributed by atoms with Crippen molar-refractivity contribution in [2.75, 3.05) is 0 Å². The van der Waals surface area contributed by atoms with Gasteiger partial charge in [-0.2, -0.15) is 0 Å². The summed E-state index contributed by atoms with van der Waals surface area (Å²) in [6.45, 7) is 1.78. The van der Waals surface area contributed by atoms with Crippen molar-refractivity contribution in [2.24, 2.45) is 0 Å². The van der Waals surface area contributed by atoms with Crippen LogP contribution in [0.15, 0.2) is 35.9 Å². The van der Waals surface area contributed by atoms with Crippen LogP contribution in [0.1, 0.15) is 61.4 Å². The molecule has 1 heterocycles. The lowest BCUT2D eigenvalue weighted by molar-refractivity contribution is -0.131. The Balaban J connectivity index is 1.68. The van der Waals surface area contributed by atoms with Crippen molar-refractivity contribution in [3.63, 3.8) is 0 Å². The van der Waals surface area contributed by atoms with Crippen molar-refractivity contribution in [1.82, 2.24) is 9.97 Å². The predicted octanol–water partition coefficient (Wildman–Crippen LogP) is 4.43. The average Bonchev–Trinajstić information content (AvgIpc) is 3.43. The van der Waals surface area contributed by atoms with Crippen LogP contribution in [0.3, 0.4) is 0 Å². The first-order valence-electron chi connectivity index (χ1n) is 8.51. The molecule has 4 rings (SSSR count). The number of aromatic nitrogens is 2. The molecule has 2 fully saturated rings. The van der Waals surface area contributed by atoms with Crippen LogP contribution in [0.5, 0.6) is 0 Å². The molecule has 0 saturated heterocycles. The van der Waals surface area contributed by atoms with Crippen molar-refractivity contribution < 1.29 is 9.90 Å². The molecular formula is C20H20N2O2. The zero-order chi connectivity index (χ0) is 16.7. The highest BCUT2D eigenvalue weighted by Crippen LogP contribution is 2.48. The second-order valence-electron chi connectivity index (χ2n) is 6.85. The Morgan fingerprint density at radius 2 is 1.71 bits per heavy atom. The highest BCUT2D eigenvalue weighted by molar-refractivity contribution is 5.82. The molecule has 2 aliphatic rings. The molecule has 1 N–H and O–H groups in total. The summed E-state index contributed by atoms with van der Waals surface area (Å²) < 4.78 is 0. The van der Waals surface area contributed by atoms with Crippen molar-refractivity contribution in [3.8, 4) is 0 Å². The number of hydrogen-bond donors (Lipinski definition) is 1. The van der Waals surface area contributed by atoms with E-state index in [1.54, 1.807) is 6.92 Å². The predicted molar refractivity (Wildman–Crippen MR) is 93.9 cm³/mol. The van der Waals surface area contributed by atoms with Gasteiger partial charge >= 0.3 is 5.97 Å². The Morgan fingerprint density at radius 3 is 2.29 bits per heavy atom. The van der Waals surface area contributed by atoms with Gasteiger partial charge < -0.3 is 5.11 Å². The Morgan fingerprint density at radius 1 is 1.08 bits per heavy atom. The Hall–Kier alpha value is -2.49. The summed E-state index contributed by atoms with van der Waals surface area (Å²) in [4.78, 5) is 20.5. The molecule has 0 bridgehead atoms. The third-order valence-electron chi connectivity index (χ3n) is 4.56. The molecule has 24 heavy (non-hydrogen) atoms. The molecule has 1 aromatic heterocycles. The van der Waals surface area contributed by atoms with Crippen LogP contribution in [0.2, 0.25) is 0 Å². The molecule has 0 amide bonds. The fourth-order valence-electron chi connectivity index (χ4n) is 2.99. The summed E-state index contributed by atoms with van der Waals surface area (Å²) >= 11 is 0. The maximum atomic E-state index is 10.7. The monoisotopic (exact) mass is 320 g/mol. The molecule has 0 aliphatic heterocycles. The fraction of sp³-hybridized carbons (Fsp3) is 0.350. The molecule has 0 radical (unpaired) electrons. The van der Waals surface area contributed by atoms with Gasteiger partial charge in [0.15, 0.2) is 0 Å². The maximum Gasteiger partial charge on any atom is 0.328 e. The quantitative estimate of drug-likeness (QED) is 0.654. The number of nitrogens with zero attached hydrogens (tertiary/aromatic N) is 2. The molecular weight excluding hydrogens is 300 g/mol. The molecule has 122 valence electrons. The lowest BCUT2D eigenvalue weighted by atomic mass is 10.1. The van der Waals surface area contributed by atoms with E-state index in [4.69, 9.17) is 15.1 Å². The highest BCUT2D eigenvalue weighted by Gasteiger charge is 2.35. The normalized spacial score (nSPS) is 18.5. The van der Waals surface area contributed by atoms with E-state index >= 15 is 0 Å². The third kappa shape index (κ3) is 3.23. The average molecular weight is 320 g/mol. The zero-order valence-electron chi connectivity index (χ0n) is 13.7. The van der Waals surface area contributed by atoms with Gasteiger partial charge in [0.1, 0.15) is 0 Å². The van der Waals surface area contributed by atoms with Crippen molar-refractivity contribution in [3.05, 3.63) is 52.9 Å². The Kier molecular flexibility index (Phi) is 3.68. The van der Waals surface area contributed by atoms with Crippen molar-refractivity contribution in [1.29, 1.82) is 0 Å². The molecule has 2 aromatic rings. The minimum atomic E-state index is -0.928. The first-order chi connectivity index (χ1) is 11.6. The van der Waals surface area contributed by atoms with Gasteiger partial charge in [-0.3, -0.25) is 0 Å². The van der Waals surface area contributed by atoms with E-state index < -0.39 is 5.97 Å². The number of carbonyl (C=O) groups is 1. The first kappa shape index (κ1) is 15.1. The van der Waals surface area contributed by atoms with Gasteiger partial charge in [0, 0.05) is 17.9 Å². The second-order valence-corrected chi connectivity index (χ2v) is 6.85. The molecule has 2 saturated carbocycles. The topological polar surface area (TPSA) is 63.1 Å². The highest BCUT2D eigenvalue weighted by atomic mass is 16.4. The summed E-state index contributed by atoms with van der Waals surface area (Å²) in [6.07, 6.45) is 9.89. The number of hydrogen-bond acceptors (Lipinski definition) is 3. The largest absolute Gasteiger partial charge is 0.478 e. The van der Waals surface area contributed by atoms with Gasteiger partial charge in [0.2, 0.25) is 0 Å². The van der Waals surface area contributed by atoms with Gasteiger partial charge in [-0.1, -0.05) is 18.2 Å². The van der Waals surface area contributed by atoms with E-state index in [0.29, 0.717) is 17.4 Å². The number of carboxylic acid groups (broad SMARTS) is 1. The summed E-state index contributed by atoms with van der Waals surface area (Å²) in [5, 5.41) is 8.76. The molecule has 0 unspecified atom stereocenters. The van der Waals surface area contributed by atoms with Crippen LogP contribution in [-0.4, -0.2) is 21.0 Å². The molecule has 0 spiro atoms. The van der Waals surface area contributed by atoms with E-state index in [0.717, 1.165) is 16.6 Å². The minimum Gasteiger partial charge on any atom is -0.478 e. The van der Waals surface area contributed by atoms with E-state index in [1.807, 2.05) is 30.4 Å².